The summed E-state index contributed by atoms with van der Waals surface area (Å²) in [6.07, 6.45) is -1.57. The van der Waals surface area contributed by atoms with Crippen molar-refractivity contribution in [2.45, 2.75) is 6.18 Å². The summed E-state index contributed by atoms with van der Waals surface area (Å²) in [5, 5.41) is 8.75. The van der Waals surface area contributed by atoms with E-state index in [9.17, 15) is 18.0 Å². The van der Waals surface area contributed by atoms with Crippen molar-refractivity contribution in [3.05, 3.63) is 42.0 Å². The van der Waals surface area contributed by atoms with E-state index in [-0.39, 0.29) is 17.1 Å². The van der Waals surface area contributed by atoms with Crippen LogP contribution in [0.2, 0.25) is 0 Å². The van der Waals surface area contributed by atoms with Crippen LogP contribution >= 0.6 is 0 Å². The molecule has 0 bridgehead atoms. The van der Waals surface area contributed by atoms with Gasteiger partial charge >= 0.3 is 12.1 Å². The normalized spacial score (nSPS) is 11.3. The molecule has 2 aromatic heterocycles. The minimum Gasteiger partial charge on any atom is -0.477 e. The van der Waals surface area contributed by atoms with Crippen molar-refractivity contribution in [1.29, 1.82) is 0 Å². The third-order valence-corrected chi connectivity index (χ3v) is 2.20. The van der Waals surface area contributed by atoms with Gasteiger partial charge in [0, 0.05) is 24.2 Å². The Morgan fingerprint density at radius 1 is 1.26 bits per heavy atom. The number of hydrogen-bond donors (Lipinski definition) is 1. The summed E-state index contributed by atoms with van der Waals surface area (Å²) in [6.45, 7) is 0. The monoisotopic (exact) mass is 269 g/mol. The number of nitrogens with zero attached hydrogens (tertiary/aromatic N) is 3. The minimum atomic E-state index is -4.53. The van der Waals surface area contributed by atoms with E-state index < -0.39 is 17.7 Å². The smallest absolute Gasteiger partial charge is 0.417 e. The van der Waals surface area contributed by atoms with E-state index in [1.54, 1.807) is 0 Å². The molecule has 0 amide bonds. The van der Waals surface area contributed by atoms with Crippen molar-refractivity contribution in [3.8, 4) is 11.4 Å². The fourth-order valence-corrected chi connectivity index (χ4v) is 1.33. The molecule has 0 aliphatic rings. The molecule has 5 nitrogen and oxygen atoms in total. The fraction of sp³-hybridized carbons (Fsp3) is 0.0909. The Morgan fingerprint density at radius 2 is 2.00 bits per heavy atom. The maximum absolute atomic E-state index is 12.5. The first-order valence-electron chi connectivity index (χ1n) is 4.97. The molecular weight excluding hydrogens is 263 g/mol. The van der Waals surface area contributed by atoms with Crippen LogP contribution in [-0.2, 0) is 6.18 Å². The molecule has 0 saturated heterocycles. The van der Waals surface area contributed by atoms with Gasteiger partial charge in [-0.05, 0) is 12.1 Å². The molecule has 2 heterocycles. The summed E-state index contributed by atoms with van der Waals surface area (Å²) < 4.78 is 37.5. The van der Waals surface area contributed by atoms with Gasteiger partial charge in [-0.1, -0.05) is 0 Å². The van der Waals surface area contributed by atoms with E-state index in [2.05, 4.69) is 15.0 Å². The number of carboxylic acid groups (broad SMARTS) is 1. The molecule has 0 spiro atoms. The highest BCUT2D eigenvalue weighted by atomic mass is 19.4. The average Bonchev–Trinajstić information content (AvgIpc) is 2.38. The molecule has 0 aliphatic heterocycles. The molecule has 0 unspecified atom stereocenters. The van der Waals surface area contributed by atoms with Gasteiger partial charge in [0.25, 0.3) is 0 Å². The molecule has 0 fully saturated rings. The lowest BCUT2D eigenvalue weighted by Crippen LogP contribution is -2.06. The molecule has 0 aromatic carbocycles. The first-order valence-corrected chi connectivity index (χ1v) is 4.97. The van der Waals surface area contributed by atoms with Crippen molar-refractivity contribution >= 4 is 5.97 Å². The van der Waals surface area contributed by atoms with Gasteiger partial charge in [-0.3, -0.25) is 4.98 Å². The first kappa shape index (κ1) is 12.9. The Bertz CT molecular complexity index is 629. The Labute approximate surface area is 104 Å². The molecule has 0 atom stereocenters. The van der Waals surface area contributed by atoms with Gasteiger partial charge in [0.05, 0.1) is 5.56 Å². The number of alkyl halides is 3. The molecule has 8 heteroatoms. The number of carboxylic acids is 1. The number of hydrogen-bond acceptors (Lipinski definition) is 4. The van der Waals surface area contributed by atoms with Gasteiger partial charge in [0.1, 0.15) is 0 Å². The van der Waals surface area contributed by atoms with Crippen LogP contribution in [0.3, 0.4) is 0 Å². The molecule has 1 N–H and O–H groups in total. The molecule has 2 rings (SSSR count). The zero-order valence-electron chi connectivity index (χ0n) is 9.22. The van der Waals surface area contributed by atoms with E-state index in [0.29, 0.717) is 6.20 Å². The van der Waals surface area contributed by atoms with E-state index >= 15 is 0 Å². The van der Waals surface area contributed by atoms with Crippen LogP contribution in [0.5, 0.6) is 0 Å². The topological polar surface area (TPSA) is 76.0 Å². The van der Waals surface area contributed by atoms with Crippen molar-refractivity contribution in [2.75, 3.05) is 0 Å². The minimum absolute atomic E-state index is 0.00192. The molecule has 0 radical (unpaired) electrons. The van der Waals surface area contributed by atoms with E-state index in [4.69, 9.17) is 5.11 Å². The second kappa shape index (κ2) is 4.63. The quantitative estimate of drug-likeness (QED) is 0.904. The Morgan fingerprint density at radius 3 is 2.63 bits per heavy atom. The highest BCUT2D eigenvalue weighted by Crippen LogP contribution is 2.30. The number of pyridine rings is 1. The van der Waals surface area contributed by atoms with Crippen molar-refractivity contribution in [2.24, 2.45) is 0 Å². The predicted molar refractivity (Wildman–Crippen MR) is 57.2 cm³/mol. The zero-order chi connectivity index (χ0) is 14.0. The van der Waals surface area contributed by atoms with Crippen LogP contribution in [0, 0.1) is 0 Å². The lowest BCUT2D eigenvalue weighted by atomic mass is 10.2. The van der Waals surface area contributed by atoms with Crippen LogP contribution < -0.4 is 0 Å². The summed E-state index contributed by atoms with van der Waals surface area (Å²) in [5.74, 6) is -1.41. The highest BCUT2D eigenvalue weighted by molar-refractivity contribution is 5.85. The van der Waals surface area contributed by atoms with Crippen LogP contribution in [0.4, 0.5) is 13.2 Å². The van der Waals surface area contributed by atoms with Crippen molar-refractivity contribution in [3.63, 3.8) is 0 Å². The molecule has 2 aromatic rings. The lowest BCUT2D eigenvalue weighted by molar-refractivity contribution is -0.137. The summed E-state index contributed by atoms with van der Waals surface area (Å²) in [4.78, 5) is 21.6. The highest BCUT2D eigenvalue weighted by Gasteiger charge is 2.31. The Kier molecular flexibility index (Phi) is 3.16. The van der Waals surface area contributed by atoms with Crippen LogP contribution in [0.1, 0.15) is 16.1 Å². The molecule has 0 saturated carbocycles. The number of aromatic nitrogens is 3. The number of aromatic carboxylic acids is 1. The van der Waals surface area contributed by atoms with Gasteiger partial charge in [-0.15, -0.1) is 0 Å². The number of rotatable bonds is 2. The zero-order valence-corrected chi connectivity index (χ0v) is 9.22. The third-order valence-electron chi connectivity index (χ3n) is 2.20. The maximum Gasteiger partial charge on any atom is 0.417 e. The standard InChI is InChI=1S/C11H6F3N3O2/c12-11(13,14)7-3-6(4-15-5-7)9-16-2-1-8(17-9)10(18)19/h1-5H,(H,18,19). The lowest BCUT2D eigenvalue weighted by Gasteiger charge is -2.07. The average molecular weight is 269 g/mol. The van der Waals surface area contributed by atoms with E-state index in [1.165, 1.54) is 0 Å². The van der Waals surface area contributed by atoms with Gasteiger partial charge < -0.3 is 5.11 Å². The van der Waals surface area contributed by atoms with Gasteiger partial charge in [0.2, 0.25) is 0 Å². The molecule has 19 heavy (non-hydrogen) atoms. The predicted octanol–water partition coefficient (Wildman–Crippen LogP) is 2.26. The summed E-state index contributed by atoms with van der Waals surface area (Å²) in [7, 11) is 0. The number of carbonyl (C=O) groups is 1. The van der Waals surface area contributed by atoms with Gasteiger partial charge in [-0.2, -0.15) is 13.2 Å². The number of halogens is 3. The SMILES string of the molecule is O=C(O)c1ccnc(-c2cncc(C(F)(F)F)c2)n1. The van der Waals surface area contributed by atoms with E-state index in [0.717, 1.165) is 24.5 Å². The van der Waals surface area contributed by atoms with E-state index in [1.807, 2.05) is 0 Å². The maximum atomic E-state index is 12.5. The summed E-state index contributed by atoms with van der Waals surface area (Å²) in [6, 6.07) is 1.96. The molecule has 0 aliphatic carbocycles. The fourth-order valence-electron chi connectivity index (χ4n) is 1.33. The van der Waals surface area contributed by atoms with Crippen LogP contribution in [0.15, 0.2) is 30.7 Å². The Balaban J connectivity index is 2.48. The van der Waals surface area contributed by atoms with Crippen LogP contribution in [-0.4, -0.2) is 26.0 Å². The summed E-state index contributed by atoms with van der Waals surface area (Å²) in [5.41, 5.74) is -1.25. The van der Waals surface area contributed by atoms with Crippen molar-refractivity contribution in [1.82, 2.24) is 15.0 Å². The van der Waals surface area contributed by atoms with Gasteiger partial charge in [0.15, 0.2) is 11.5 Å². The second-order valence-corrected chi connectivity index (χ2v) is 3.53. The van der Waals surface area contributed by atoms with Crippen molar-refractivity contribution < 1.29 is 23.1 Å². The largest absolute Gasteiger partial charge is 0.477 e. The molecular formula is C11H6F3N3O2. The van der Waals surface area contributed by atoms with Crippen LogP contribution in [0.25, 0.3) is 11.4 Å². The Hall–Kier alpha value is -2.51. The first-order chi connectivity index (χ1) is 8.88. The second-order valence-electron chi connectivity index (χ2n) is 3.53. The summed E-state index contributed by atoms with van der Waals surface area (Å²) >= 11 is 0. The molecule has 98 valence electrons. The third kappa shape index (κ3) is 2.84. The van der Waals surface area contributed by atoms with Gasteiger partial charge in [-0.25, -0.2) is 14.8 Å².